The maximum absolute atomic E-state index is 9.41. The monoisotopic (exact) mass is 256 g/mol. The third kappa shape index (κ3) is 2.19. The normalized spacial score (nSPS) is 19.3. The molecule has 1 N–H and O–H groups in total. The zero-order valence-corrected chi connectivity index (χ0v) is 11.3. The first-order valence-electron chi connectivity index (χ1n) is 7.09. The Morgan fingerprint density at radius 1 is 1.37 bits per heavy atom. The third-order valence-electron chi connectivity index (χ3n) is 4.06. The lowest BCUT2D eigenvalue weighted by atomic mass is 10.1. The molecule has 1 aromatic heterocycles. The van der Waals surface area contributed by atoms with Crippen molar-refractivity contribution in [2.75, 3.05) is 11.4 Å². The van der Waals surface area contributed by atoms with Gasteiger partial charge < -0.3 is 10.0 Å². The van der Waals surface area contributed by atoms with Crippen molar-refractivity contribution in [2.24, 2.45) is 0 Å². The van der Waals surface area contributed by atoms with Crippen LogP contribution in [-0.4, -0.2) is 22.7 Å². The number of aliphatic hydroxyl groups excluding tert-OH is 1. The predicted octanol–water partition coefficient (Wildman–Crippen LogP) is 3.11. The molecule has 1 unspecified atom stereocenters. The minimum Gasteiger partial charge on any atom is -0.390 e. The summed E-state index contributed by atoms with van der Waals surface area (Å²) in [5, 5.41) is 11.8. The van der Waals surface area contributed by atoms with Gasteiger partial charge in [-0.25, -0.2) is 4.98 Å². The number of benzene rings is 1. The first-order chi connectivity index (χ1) is 9.33. The van der Waals surface area contributed by atoms with E-state index in [2.05, 4.69) is 35.0 Å². The zero-order valence-electron chi connectivity index (χ0n) is 11.3. The van der Waals surface area contributed by atoms with Gasteiger partial charge in [-0.1, -0.05) is 31.2 Å². The van der Waals surface area contributed by atoms with Crippen molar-refractivity contribution in [3.63, 3.8) is 0 Å². The minimum absolute atomic E-state index is 0.00245. The average Bonchev–Trinajstić information content (AvgIpc) is 2.94. The number of hydrogen-bond acceptors (Lipinski definition) is 3. The molecule has 0 aliphatic carbocycles. The number of rotatable bonds is 3. The zero-order chi connectivity index (χ0) is 13.2. The van der Waals surface area contributed by atoms with E-state index >= 15 is 0 Å². The van der Waals surface area contributed by atoms with E-state index < -0.39 is 0 Å². The van der Waals surface area contributed by atoms with Crippen LogP contribution in [0.2, 0.25) is 0 Å². The van der Waals surface area contributed by atoms with Crippen LogP contribution in [0.1, 0.15) is 31.9 Å². The van der Waals surface area contributed by atoms with E-state index in [9.17, 15) is 5.11 Å². The van der Waals surface area contributed by atoms with E-state index in [1.54, 1.807) is 0 Å². The Hall–Kier alpha value is -1.61. The SMILES string of the molecule is CCC1CCCN1c1nc(CO)cc2ccccc12. The van der Waals surface area contributed by atoms with Gasteiger partial charge in [0.25, 0.3) is 0 Å². The predicted molar refractivity (Wildman–Crippen MR) is 78.3 cm³/mol. The summed E-state index contributed by atoms with van der Waals surface area (Å²) in [5.41, 5.74) is 0.760. The number of aliphatic hydroxyl groups is 1. The largest absolute Gasteiger partial charge is 0.390 e. The Bertz CT molecular complexity index is 582. The molecule has 2 aromatic rings. The Balaban J connectivity index is 2.15. The summed E-state index contributed by atoms with van der Waals surface area (Å²) in [6.45, 7) is 3.31. The van der Waals surface area contributed by atoms with E-state index in [0.717, 1.165) is 24.5 Å². The second-order valence-corrected chi connectivity index (χ2v) is 5.21. The Morgan fingerprint density at radius 3 is 3.00 bits per heavy atom. The average molecular weight is 256 g/mol. The molecule has 0 saturated carbocycles. The van der Waals surface area contributed by atoms with Crippen molar-refractivity contribution < 1.29 is 5.11 Å². The van der Waals surface area contributed by atoms with Gasteiger partial charge in [0, 0.05) is 18.0 Å². The second kappa shape index (κ2) is 5.17. The van der Waals surface area contributed by atoms with Gasteiger partial charge in [-0.05, 0) is 30.7 Å². The molecular formula is C16H20N2O. The van der Waals surface area contributed by atoms with Gasteiger partial charge in [0.15, 0.2) is 0 Å². The molecule has 0 spiro atoms. The summed E-state index contributed by atoms with van der Waals surface area (Å²) in [5.74, 6) is 1.05. The molecular weight excluding hydrogens is 236 g/mol. The molecule has 1 atom stereocenters. The number of aromatic nitrogens is 1. The molecule has 1 aromatic carbocycles. The van der Waals surface area contributed by atoms with Crippen molar-refractivity contribution in [2.45, 2.75) is 38.8 Å². The number of nitrogens with zero attached hydrogens (tertiary/aromatic N) is 2. The minimum atomic E-state index is 0.00245. The van der Waals surface area contributed by atoms with Gasteiger partial charge >= 0.3 is 0 Å². The molecule has 100 valence electrons. The molecule has 1 fully saturated rings. The third-order valence-corrected chi connectivity index (χ3v) is 4.06. The molecule has 3 rings (SSSR count). The van der Waals surface area contributed by atoms with Crippen LogP contribution in [0.4, 0.5) is 5.82 Å². The van der Waals surface area contributed by atoms with Crippen molar-refractivity contribution >= 4 is 16.6 Å². The van der Waals surface area contributed by atoms with Crippen LogP contribution in [0.25, 0.3) is 10.8 Å². The van der Waals surface area contributed by atoms with Gasteiger partial charge in [0.2, 0.25) is 0 Å². The summed E-state index contributed by atoms with van der Waals surface area (Å²) in [7, 11) is 0. The van der Waals surface area contributed by atoms with E-state index in [-0.39, 0.29) is 6.61 Å². The quantitative estimate of drug-likeness (QED) is 0.916. The van der Waals surface area contributed by atoms with Gasteiger partial charge in [-0.3, -0.25) is 0 Å². The maximum Gasteiger partial charge on any atom is 0.137 e. The first kappa shape index (κ1) is 12.4. The molecule has 1 aliphatic rings. The van der Waals surface area contributed by atoms with Gasteiger partial charge in [-0.2, -0.15) is 0 Å². The summed E-state index contributed by atoms with van der Waals surface area (Å²) >= 11 is 0. The Kier molecular flexibility index (Phi) is 3.38. The molecule has 0 amide bonds. The topological polar surface area (TPSA) is 36.4 Å². The lowest BCUT2D eigenvalue weighted by molar-refractivity contribution is 0.277. The molecule has 2 heterocycles. The second-order valence-electron chi connectivity index (χ2n) is 5.21. The summed E-state index contributed by atoms with van der Waals surface area (Å²) in [6, 6.07) is 10.9. The fourth-order valence-corrected chi connectivity index (χ4v) is 3.07. The highest BCUT2D eigenvalue weighted by atomic mass is 16.3. The molecule has 0 bridgehead atoms. The van der Waals surface area contributed by atoms with E-state index in [0.29, 0.717) is 6.04 Å². The fraction of sp³-hybridized carbons (Fsp3) is 0.438. The van der Waals surface area contributed by atoms with Crippen LogP contribution >= 0.6 is 0 Å². The first-order valence-corrected chi connectivity index (χ1v) is 7.09. The molecule has 1 aliphatic heterocycles. The lowest BCUT2D eigenvalue weighted by Gasteiger charge is -2.26. The highest BCUT2D eigenvalue weighted by molar-refractivity contribution is 5.92. The van der Waals surface area contributed by atoms with Crippen molar-refractivity contribution in [1.29, 1.82) is 0 Å². The van der Waals surface area contributed by atoms with Crippen molar-refractivity contribution in [1.82, 2.24) is 4.98 Å². The van der Waals surface area contributed by atoms with Gasteiger partial charge in [0.05, 0.1) is 12.3 Å². The fourth-order valence-electron chi connectivity index (χ4n) is 3.07. The number of anilines is 1. The lowest BCUT2D eigenvalue weighted by Crippen LogP contribution is -2.29. The molecule has 3 nitrogen and oxygen atoms in total. The van der Waals surface area contributed by atoms with Crippen LogP contribution in [0.5, 0.6) is 0 Å². The Labute approximate surface area is 113 Å². The molecule has 19 heavy (non-hydrogen) atoms. The summed E-state index contributed by atoms with van der Waals surface area (Å²) in [6.07, 6.45) is 3.63. The number of pyridine rings is 1. The van der Waals surface area contributed by atoms with Crippen LogP contribution in [0, 0.1) is 0 Å². The van der Waals surface area contributed by atoms with Crippen LogP contribution < -0.4 is 4.90 Å². The molecule has 3 heteroatoms. The van der Waals surface area contributed by atoms with Crippen molar-refractivity contribution in [3.05, 3.63) is 36.0 Å². The molecule has 0 radical (unpaired) electrons. The molecule has 1 saturated heterocycles. The highest BCUT2D eigenvalue weighted by Crippen LogP contribution is 2.32. The maximum atomic E-state index is 9.41. The number of hydrogen-bond donors (Lipinski definition) is 1. The standard InChI is InChI=1S/C16H20N2O/c1-2-14-7-5-9-18(14)16-15-8-4-3-6-12(15)10-13(11-19)17-16/h3-4,6,8,10,14,19H,2,5,7,9,11H2,1H3. The summed E-state index contributed by atoms with van der Waals surface area (Å²) < 4.78 is 0. The van der Waals surface area contributed by atoms with E-state index in [1.165, 1.54) is 23.6 Å². The van der Waals surface area contributed by atoms with Gasteiger partial charge in [-0.15, -0.1) is 0 Å². The van der Waals surface area contributed by atoms with Crippen molar-refractivity contribution in [3.8, 4) is 0 Å². The van der Waals surface area contributed by atoms with Crippen LogP contribution in [-0.2, 0) is 6.61 Å². The van der Waals surface area contributed by atoms with Crippen LogP contribution in [0.15, 0.2) is 30.3 Å². The van der Waals surface area contributed by atoms with Gasteiger partial charge in [0.1, 0.15) is 5.82 Å². The van der Waals surface area contributed by atoms with Crippen LogP contribution in [0.3, 0.4) is 0 Å². The Morgan fingerprint density at radius 2 is 2.21 bits per heavy atom. The highest BCUT2D eigenvalue weighted by Gasteiger charge is 2.25. The van der Waals surface area contributed by atoms with E-state index in [1.807, 2.05) is 12.1 Å². The number of fused-ring (bicyclic) bond motifs is 1. The summed E-state index contributed by atoms with van der Waals surface area (Å²) in [4.78, 5) is 7.09. The van der Waals surface area contributed by atoms with E-state index in [4.69, 9.17) is 0 Å². The smallest absolute Gasteiger partial charge is 0.137 e.